The van der Waals surface area contributed by atoms with E-state index in [0.717, 1.165) is 11.8 Å². The topological polar surface area (TPSA) is 121 Å². The van der Waals surface area contributed by atoms with E-state index in [-0.39, 0.29) is 6.54 Å². The number of rotatable bonds is 3. The molecule has 0 aliphatic carbocycles. The van der Waals surface area contributed by atoms with Crippen LogP contribution in [0, 0.1) is 10.1 Å². The number of β-lactam (4-membered cyclic amide) rings is 1. The largest absolute Gasteiger partial charge is 0.442 e. The molecule has 0 spiro atoms. The van der Waals surface area contributed by atoms with Gasteiger partial charge in [0.2, 0.25) is 17.4 Å². The first-order valence-corrected chi connectivity index (χ1v) is 5.51. The van der Waals surface area contributed by atoms with E-state index in [0.29, 0.717) is 0 Å². The number of alkyl halides is 3. The summed E-state index contributed by atoms with van der Waals surface area (Å²) in [7, 11) is 0. The van der Waals surface area contributed by atoms with Crippen molar-refractivity contribution in [1.82, 2.24) is 15.5 Å². The molecule has 12 heteroatoms. The van der Waals surface area contributed by atoms with Crippen molar-refractivity contribution >= 4 is 23.3 Å². The lowest BCUT2D eigenvalue weighted by Gasteiger charge is -2.36. The minimum absolute atomic E-state index is 0.182. The molecule has 1 unspecified atom stereocenters. The molecule has 0 radical (unpaired) electrons. The van der Waals surface area contributed by atoms with E-state index in [9.17, 15) is 32.9 Å². The Morgan fingerprint density at radius 3 is 2.62 bits per heavy atom. The summed E-state index contributed by atoms with van der Waals surface area (Å²) in [5, 5.41) is 17.8. The van der Waals surface area contributed by atoms with Gasteiger partial charge in [0, 0.05) is 6.92 Å². The van der Waals surface area contributed by atoms with Crippen LogP contribution in [0.15, 0.2) is 0 Å². The minimum atomic E-state index is -5.03. The van der Waals surface area contributed by atoms with Crippen LogP contribution < -0.4 is 10.2 Å². The molecule has 1 aromatic rings. The third-order valence-electron chi connectivity index (χ3n) is 2.75. The Morgan fingerprint density at radius 2 is 2.19 bits per heavy atom. The molecule has 114 valence electrons. The molecule has 1 aliphatic heterocycles. The average molecular weight is 307 g/mol. The smallest absolute Gasteiger partial charge is 0.343 e. The highest BCUT2D eigenvalue weighted by molar-refractivity contribution is 6.06. The number of carbonyl (C=O) groups excluding carboxylic acids is 2. The molecule has 2 heterocycles. The maximum absolute atomic E-state index is 12.6. The minimum Gasteiger partial charge on any atom is -0.343 e. The predicted molar refractivity (Wildman–Crippen MR) is 60.2 cm³/mol. The Kier molecular flexibility index (Phi) is 3.31. The van der Waals surface area contributed by atoms with Crippen LogP contribution >= 0.6 is 0 Å². The van der Waals surface area contributed by atoms with Crippen LogP contribution in [0.25, 0.3) is 0 Å². The number of nitro groups is 1. The first-order chi connectivity index (χ1) is 9.62. The lowest BCUT2D eigenvalue weighted by Crippen LogP contribution is -2.64. The lowest BCUT2D eigenvalue weighted by atomic mass is 10.1. The van der Waals surface area contributed by atoms with E-state index in [2.05, 4.69) is 10.4 Å². The lowest BCUT2D eigenvalue weighted by molar-refractivity contribution is -0.387. The van der Waals surface area contributed by atoms with Crippen molar-refractivity contribution in [2.75, 3.05) is 11.4 Å². The molecule has 1 aromatic heterocycles. The van der Waals surface area contributed by atoms with Gasteiger partial charge in [-0.1, -0.05) is 0 Å². The Morgan fingerprint density at radius 1 is 1.57 bits per heavy atom. The second-order valence-electron chi connectivity index (χ2n) is 4.23. The molecule has 2 rings (SSSR count). The van der Waals surface area contributed by atoms with Crippen LogP contribution in [0.2, 0.25) is 0 Å². The van der Waals surface area contributed by atoms with Gasteiger partial charge in [0.05, 0.1) is 11.5 Å². The van der Waals surface area contributed by atoms with E-state index in [1.54, 1.807) is 0 Å². The van der Waals surface area contributed by atoms with Crippen LogP contribution in [-0.4, -0.2) is 39.5 Å². The highest BCUT2D eigenvalue weighted by Gasteiger charge is 2.49. The number of H-pyrrole nitrogens is 1. The van der Waals surface area contributed by atoms with Crippen LogP contribution in [0.3, 0.4) is 0 Å². The van der Waals surface area contributed by atoms with Gasteiger partial charge in [-0.15, -0.1) is 0 Å². The van der Waals surface area contributed by atoms with Gasteiger partial charge in [-0.3, -0.25) is 29.7 Å². The summed E-state index contributed by atoms with van der Waals surface area (Å²) in [5.74, 6) is -1.91. The van der Waals surface area contributed by atoms with Crippen molar-refractivity contribution in [3.05, 3.63) is 15.8 Å². The third kappa shape index (κ3) is 2.51. The normalized spacial score (nSPS) is 18.4. The zero-order valence-corrected chi connectivity index (χ0v) is 10.4. The molecular formula is C9H8F3N5O4. The second kappa shape index (κ2) is 4.71. The quantitative estimate of drug-likeness (QED) is 0.469. The summed E-state index contributed by atoms with van der Waals surface area (Å²) in [5.41, 5.74) is -3.03. The van der Waals surface area contributed by atoms with E-state index < -0.39 is 46.2 Å². The molecule has 0 saturated carbocycles. The fraction of sp³-hybridized carbons (Fsp3) is 0.444. The SMILES string of the molecule is CC(=O)NC1CN(c2[nH]nc(C(F)(F)F)c2[N+](=O)[O-])C1=O. The Hall–Kier alpha value is -2.66. The highest BCUT2D eigenvalue weighted by Crippen LogP contribution is 2.40. The summed E-state index contributed by atoms with van der Waals surface area (Å²) in [6, 6.07) is -0.917. The fourth-order valence-corrected chi connectivity index (χ4v) is 1.87. The number of nitrogens with zero attached hydrogens (tertiary/aromatic N) is 3. The molecule has 21 heavy (non-hydrogen) atoms. The zero-order chi connectivity index (χ0) is 15.9. The van der Waals surface area contributed by atoms with Crippen molar-refractivity contribution in [2.45, 2.75) is 19.1 Å². The number of halogens is 3. The van der Waals surface area contributed by atoms with E-state index in [1.807, 2.05) is 5.10 Å². The van der Waals surface area contributed by atoms with Crippen molar-refractivity contribution in [3.8, 4) is 0 Å². The number of carbonyl (C=O) groups is 2. The maximum atomic E-state index is 12.6. The number of aromatic amines is 1. The van der Waals surface area contributed by atoms with Gasteiger partial charge in [0.25, 0.3) is 5.91 Å². The number of hydrogen-bond acceptors (Lipinski definition) is 5. The third-order valence-corrected chi connectivity index (χ3v) is 2.75. The van der Waals surface area contributed by atoms with Crippen LogP contribution in [-0.2, 0) is 15.8 Å². The van der Waals surface area contributed by atoms with E-state index in [1.165, 1.54) is 0 Å². The average Bonchev–Trinajstić information content (AvgIpc) is 2.77. The Balaban J connectivity index is 2.31. The fourth-order valence-electron chi connectivity index (χ4n) is 1.87. The maximum Gasteiger partial charge on any atom is 0.442 e. The molecule has 1 atom stereocenters. The van der Waals surface area contributed by atoms with Gasteiger partial charge in [0.15, 0.2) is 0 Å². The van der Waals surface area contributed by atoms with Crippen LogP contribution in [0.4, 0.5) is 24.7 Å². The van der Waals surface area contributed by atoms with Gasteiger partial charge in [0.1, 0.15) is 6.04 Å². The van der Waals surface area contributed by atoms with Crippen molar-refractivity contribution in [3.63, 3.8) is 0 Å². The molecule has 1 fully saturated rings. The highest BCUT2D eigenvalue weighted by atomic mass is 19.4. The number of nitrogens with one attached hydrogen (secondary N) is 2. The van der Waals surface area contributed by atoms with Crippen molar-refractivity contribution in [2.24, 2.45) is 0 Å². The molecule has 0 aromatic carbocycles. The van der Waals surface area contributed by atoms with Crippen LogP contribution in [0.1, 0.15) is 12.6 Å². The molecule has 2 N–H and O–H groups in total. The first-order valence-electron chi connectivity index (χ1n) is 5.51. The molecule has 1 saturated heterocycles. The summed E-state index contributed by atoms with van der Waals surface area (Å²) in [6.07, 6.45) is -5.03. The molecule has 2 amide bonds. The monoisotopic (exact) mass is 307 g/mol. The molecular weight excluding hydrogens is 299 g/mol. The number of hydrogen-bond donors (Lipinski definition) is 2. The summed E-state index contributed by atoms with van der Waals surface area (Å²) < 4.78 is 37.8. The molecule has 9 nitrogen and oxygen atoms in total. The number of anilines is 1. The zero-order valence-electron chi connectivity index (χ0n) is 10.4. The molecule has 1 aliphatic rings. The summed E-state index contributed by atoms with van der Waals surface area (Å²) in [6.45, 7) is 0.981. The van der Waals surface area contributed by atoms with Gasteiger partial charge in [-0.05, 0) is 0 Å². The van der Waals surface area contributed by atoms with Gasteiger partial charge < -0.3 is 5.32 Å². The van der Waals surface area contributed by atoms with E-state index >= 15 is 0 Å². The summed E-state index contributed by atoms with van der Waals surface area (Å²) >= 11 is 0. The standard InChI is InChI=1S/C9H8F3N5O4/c1-3(18)13-4-2-16(8(4)19)7-5(17(20)21)6(14-15-7)9(10,11)12/h4H,2H2,1H3,(H,13,18)(H,14,15). The van der Waals surface area contributed by atoms with Gasteiger partial charge >= 0.3 is 11.9 Å². The van der Waals surface area contributed by atoms with Gasteiger partial charge in [-0.25, -0.2) is 0 Å². The van der Waals surface area contributed by atoms with Gasteiger partial charge in [-0.2, -0.15) is 18.3 Å². The second-order valence-corrected chi connectivity index (χ2v) is 4.23. The van der Waals surface area contributed by atoms with Crippen molar-refractivity contribution in [1.29, 1.82) is 0 Å². The molecule has 0 bridgehead atoms. The Bertz CT molecular complexity index is 625. The predicted octanol–water partition coefficient (Wildman–Crippen LogP) is 0.188. The number of amides is 2. The Labute approximate surface area is 114 Å². The summed E-state index contributed by atoms with van der Waals surface area (Å²) in [4.78, 5) is 32.7. The van der Waals surface area contributed by atoms with Crippen LogP contribution in [0.5, 0.6) is 0 Å². The van der Waals surface area contributed by atoms with E-state index in [4.69, 9.17) is 0 Å². The van der Waals surface area contributed by atoms with Crippen molar-refractivity contribution < 1.29 is 27.7 Å². The first kappa shape index (κ1) is 14.7. The number of aromatic nitrogens is 2.